The highest BCUT2D eigenvalue weighted by Gasteiger charge is 2.38. The fourth-order valence-electron chi connectivity index (χ4n) is 3.76. The van der Waals surface area contributed by atoms with Crippen LogP contribution >= 0.6 is 0 Å². The smallest absolute Gasteiger partial charge is 0.0547 e. The van der Waals surface area contributed by atoms with Crippen molar-refractivity contribution < 1.29 is 0 Å². The third-order valence-corrected chi connectivity index (χ3v) is 5.02. The molecule has 0 radical (unpaired) electrons. The summed E-state index contributed by atoms with van der Waals surface area (Å²) in [7, 11) is 0. The Morgan fingerprint density at radius 1 is 1.30 bits per heavy atom. The fraction of sp³-hybridized carbons (Fsp3) is 0.706. The van der Waals surface area contributed by atoms with E-state index in [1.54, 1.807) is 0 Å². The first-order valence-corrected chi connectivity index (χ1v) is 8.09. The molecule has 1 saturated carbocycles. The summed E-state index contributed by atoms with van der Waals surface area (Å²) in [6.07, 6.45) is 6.88. The monoisotopic (exact) mass is 273 g/mol. The third-order valence-electron chi connectivity index (χ3n) is 5.02. The minimum Gasteiger partial charge on any atom is -0.308 e. The van der Waals surface area contributed by atoms with Crippen molar-refractivity contribution >= 4 is 0 Å². The molecule has 0 aromatic carbocycles. The van der Waals surface area contributed by atoms with Crippen molar-refractivity contribution in [2.45, 2.75) is 64.1 Å². The maximum Gasteiger partial charge on any atom is 0.0547 e. The molecule has 1 aromatic heterocycles. The van der Waals surface area contributed by atoms with E-state index < -0.39 is 0 Å². The van der Waals surface area contributed by atoms with Crippen molar-refractivity contribution in [3.05, 3.63) is 29.6 Å². The Balaban J connectivity index is 1.70. The molecule has 2 fully saturated rings. The van der Waals surface area contributed by atoms with Crippen LogP contribution in [0.25, 0.3) is 0 Å². The lowest BCUT2D eigenvalue weighted by molar-refractivity contribution is 0.0564. The van der Waals surface area contributed by atoms with Crippen LogP contribution in [0.1, 0.15) is 50.4 Å². The molecule has 1 spiro atoms. The average molecular weight is 273 g/mol. The molecule has 1 aromatic rings. The molecule has 2 aliphatic rings. The molecule has 1 aliphatic carbocycles. The highest BCUT2D eigenvalue weighted by molar-refractivity contribution is 5.11. The summed E-state index contributed by atoms with van der Waals surface area (Å²) in [6.45, 7) is 7.70. The molecule has 20 heavy (non-hydrogen) atoms. The summed E-state index contributed by atoms with van der Waals surface area (Å²) in [4.78, 5) is 7.30. The van der Waals surface area contributed by atoms with Gasteiger partial charge in [0, 0.05) is 36.9 Å². The lowest BCUT2D eigenvalue weighted by Crippen LogP contribution is -2.63. The van der Waals surface area contributed by atoms with Crippen molar-refractivity contribution in [3.8, 4) is 0 Å². The Morgan fingerprint density at radius 3 is 2.85 bits per heavy atom. The van der Waals surface area contributed by atoms with Crippen LogP contribution < -0.4 is 5.32 Å². The zero-order valence-electron chi connectivity index (χ0n) is 12.9. The number of pyridine rings is 1. The molecule has 2 heterocycles. The van der Waals surface area contributed by atoms with Gasteiger partial charge in [0.2, 0.25) is 0 Å². The van der Waals surface area contributed by atoms with Crippen LogP contribution in [0.3, 0.4) is 0 Å². The van der Waals surface area contributed by atoms with Gasteiger partial charge in [0.05, 0.1) is 5.69 Å². The standard InChI is InChI=1S/C17H27N3/c1-14-7-6-8-16(19-14)12-20-13-17(18-11-15(20)2)9-4-3-5-10-17/h6-8,15,18H,3-5,9-13H2,1-2H3. The van der Waals surface area contributed by atoms with Crippen molar-refractivity contribution in [2.24, 2.45) is 0 Å². The van der Waals surface area contributed by atoms with E-state index >= 15 is 0 Å². The minimum atomic E-state index is 0.384. The van der Waals surface area contributed by atoms with Gasteiger partial charge < -0.3 is 5.32 Å². The van der Waals surface area contributed by atoms with Crippen molar-refractivity contribution in [1.29, 1.82) is 0 Å². The molecule has 3 rings (SSSR count). The Kier molecular flexibility index (Phi) is 4.08. The van der Waals surface area contributed by atoms with E-state index in [1.165, 1.54) is 44.3 Å². The zero-order valence-corrected chi connectivity index (χ0v) is 12.9. The van der Waals surface area contributed by atoms with Crippen molar-refractivity contribution in [3.63, 3.8) is 0 Å². The van der Waals surface area contributed by atoms with Crippen LogP contribution in [0.4, 0.5) is 0 Å². The molecule has 0 amide bonds. The van der Waals surface area contributed by atoms with Crippen LogP contribution in [0.5, 0.6) is 0 Å². The lowest BCUT2D eigenvalue weighted by atomic mass is 9.79. The van der Waals surface area contributed by atoms with Crippen molar-refractivity contribution in [1.82, 2.24) is 15.2 Å². The number of hydrogen-bond acceptors (Lipinski definition) is 3. The van der Waals surface area contributed by atoms with Crippen LogP contribution in [-0.4, -0.2) is 34.6 Å². The number of nitrogens with zero attached hydrogens (tertiary/aromatic N) is 2. The van der Waals surface area contributed by atoms with E-state index in [2.05, 4.69) is 47.2 Å². The quantitative estimate of drug-likeness (QED) is 0.898. The Morgan fingerprint density at radius 2 is 2.10 bits per heavy atom. The van der Waals surface area contributed by atoms with Gasteiger partial charge in [-0.05, 0) is 38.8 Å². The fourth-order valence-corrected chi connectivity index (χ4v) is 3.76. The molecule has 3 heteroatoms. The first-order valence-electron chi connectivity index (χ1n) is 8.09. The van der Waals surface area contributed by atoms with Gasteiger partial charge in [0.15, 0.2) is 0 Å². The number of aryl methyl sites for hydroxylation is 1. The number of rotatable bonds is 2. The van der Waals surface area contributed by atoms with E-state index in [4.69, 9.17) is 0 Å². The molecule has 1 unspecified atom stereocenters. The molecule has 1 atom stereocenters. The number of piperazine rings is 1. The van der Waals surface area contributed by atoms with Gasteiger partial charge >= 0.3 is 0 Å². The number of hydrogen-bond donors (Lipinski definition) is 1. The topological polar surface area (TPSA) is 28.2 Å². The number of aromatic nitrogens is 1. The largest absolute Gasteiger partial charge is 0.308 e. The van der Waals surface area contributed by atoms with Crippen LogP contribution in [-0.2, 0) is 6.54 Å². The van der Waals surface area contributed by atoms with E-state index in [9.17, 15) is 0 Å². The average Bonchev–Trinajstić information content (AvgIpc) is 2.44. The normalized spacial score (nSPS) is 26.8. The van der Waals surface area contributed by atoms with Gasteiger partial charge in [-0.2, -0.15) is 0 Å². The maximum absolute atomic E-state index is 4.67. The molecule has 1 N–H and O–H groups in total. The predicted molar refractivity (Wildman–Crippen MR) is 82.7 cm³/mol. The van der Waals surface area contributed by atoms with Crippen molar-refractivity contribution in [2.75, 3.05) is 13.1 Å². The molecule has 0 bridgehead atoms. The first kappa shape index (κ1) is 14.0. The van der Waals surface area contributed by atoms with Gasteiger partial charge in [-0.25, -0.2) is 0 Å². The van der Waals surface area contributed by atoms with E-state index in [0.29, 0.717) is 11.6 Å². The molecule has 1 saturated heterocycles. The Hall–Kier alpha value is -0.930. The molecular weight excluding hydrogens is 246 g/mol. The summed E-state index contributed by atoms with van der Waals surface area (Å²) in [5.74, 6) is 0. The van der Waals surface area contributed by atoms with Gasteiger partial charge in [0.25, 0.3) is 0 Å². The zero-order chi connectivity index (χ0) is 14.0. The van der Waals surface area contributed by atoms with E-state index in [0.717, 1.165) is 18.8 Å². The Labute approximate surface area is 122 Å². The maximum atomic E-state index is 4.67. The summed E-state index contributed by atoms with van der Waals surface area (Å²) in [6, 6.07) is 6.97. The van der Waals surface area contributed by atoms with Gasteiger partial charge in [-0.15, -0.1) is 0 Å². The van der Waals surface area contributed by atoms with Gasteiger partial charge in [0.1, 0.15) is 0 Å². The summed E-state index contributed by atoms with van der Waals surface area (Å²) < 4.78 is 0. The summed E-state index contributed by atoms with van der Waals surface area (Å²) in [5.41, 5.74) is 2.72. The second-order valence-corrected chi connectivity index (χ2v) is 6.75. The lowest BCUT2D eigenvalue weighted by Gasteiger charge is -2.49. The highest BCUT2D eigenvalue weighted by atomic mass is 15.3. The third kappa shape index (κ3) is 3.04. The SMILES string of the molecule is Cc1cccc(CN2CC3(CCCCC3)NCC2C)n1. The first-order chi connectivity index (χ1) is 9.67. The second kappa shape index (κ2) is 5.82. The molecule has 1 aliphatic heterocycles. The van der Waals surface area contributed by atoms with Crippen LogP contribution in [0.2, 0.25) is 0 Å². The van der Waals surface area contributed by atoms with Crippen LogP contribution in [0, 0.1) is 6.92 Å². The van der Waals surface area contributed by atoms with Gasteiger partial charge in [-0.3, -0.25) is 9.88 Å². The highest BCUT2D eigenvalue weighted by Crippen LogP contribution is 2.32. The Bertz CT molecular complexity index is 451. The minimum absolute atomic E-state index is 0.384. The molecule has 3 nitrogen and oxygen atoms in total. The van der Waals surface area contributed by atoms with Crippen LogP contribution in [0.15, 0.2) is 18.2 Å². The second-order valence-electron chi connectivity index (χ2n) is 6.75. The molecular formula is C17H27N3. The van der Waals surface area contributed by atoms with Gasteiger partial charge in [-0.1, -0.05) is 25.3 Å². The molecule has 110 valence electrons. The predicted octanol–water partition coefficient (Wildman–Crippen LogP) is 2.89. The summed E-state index contributed by atoms with van der Waals surface area (Å²) in [5, 5.41) is 3.85. The summed E-state index contributed by atoms with van der Waals surface area (Å²) >= 11 is 0. The van der Waals surface area contributed by atoms with E-state index in [-0.39, 0.29) is 0 Å². The number of nitrogens with one attached hydrogen (secondary N) is 1. The van der Waals surface area contributed by atoms with E-state index in [1.807, 2.05) is 0 Å².